The molecule has 0 radical (unpaired) electrons. The molecule has 1 aliphatic rings. The van der Waals surface area contributed by atoms with Gasteiger partial charge in [-0.2, -0.15) is 0 Å². The monoisotopic (exact) mass is 538 g/mol. The maximum absolute atomic E-state index is 10.8. The van der Waals surface area contributed by atoms with Crippen molar-refractivity contribution in [1.29, 1.82) is 0 Å². The van der Waals surface area contributed by atoms with E-state index < -0.39 is 5.91 Å². The quantitative estimate of drug-likeness (QED) is 0.303. The fraction of sp³-hybridized carbons (Fsp3) is 0.409. The van der Waals surface area contributed by atoms with E-state index in [1.807, 2.05) is 42.6 Å². The average molecular weight is 538 g/mol. The number of aromatic nitrogens is 1. The van der Waals surface area contributed by atoms with Crippen LogP contribution in [0.1, 0.15) is 12.5 Å². The van der Waals surface area contributed by atoms with Crippen molar-refractivity contribution in [2.24, 2.45) is 10.7 Å². The molecule has 2 aromatic rings. The van der Waals surface area contributed by atoms with E-state index in [1.54, 1.807) is 0 Å². The normalized spacial score (nSPS) is 14.0. The van der Waals surface area contributed by atoms with Crippen LogP contribution in [-0.4, -0.2) is 67.6 Å². The Morgan fingerprint density at radius 2 is 1.90 bits per heavy atom. The van der Waals surface area contributed by atoms with Crippen molar-refractivity contribution in [3.63, 3.8) is 0 Å². The van der Waals surface area contributed by atoms with Crippen LogP contribution in [0.5, 0.6) is 5.75 Å². The van der Waals surface area contributed by atoms with Crippen LogP contribution in [-0.2, 0) is 11.2 Å². The average Bonchev–Trinajstić information content (AvgIpc) is 2.79. The lowest BCUT2D eigenvalue weighted by atomic mass is 10.1. The molecule has 2 heterocycles. The Balaban J connectivity index is 0.00000341. The third kappa shape index (κ3) is 7.89. The van der Waals surface area contributed by atoms with Crippen LogP contribution in [0.4, 0.5) is 5.82 Å². The molecule has 31 heavy (non-hydrogen) atoms. The number of ether oxygens (including phenoxy) is 1. The molecule has 1 saturated heterocycles. The number of pyridine rings is 1. The number of carbonyl (C=O) groups is 1. The summed E-state index contributed by atoms with van der Waals surface area (Å²) in [6, 6.07) is 13.7. The van der Waals surface area contributed by atoms with Gasteiger partial charge in [0.15, 0.2) is 12.6 Å². The maximum atomic E-state index is 10.8. The second-order valence-corrected chi connectivity index (χ2v) is 7.05. The molecule has 9 heteroatoms. The number of nitrogens with one attached hydrogen (secondary N) is 1. The molecule has 8 nitrogen and oxygen atoms in total. The zero-order chi connectivity index (χ0) is 21.2. The third-order valence-corrected chi connectivity index (χ3v) is 4.85. The Hall–Kier alpha value is -2.56. The SMILES string of the molecule is CCNC(=NCCc1ccc(OCC(N)=O)cc1)N1CCN(c2ccccn2)CC1.I. The summed E-state index contributed by atoms with van der Waals surface area (Å²) in [6.45, 7) is 7.19. The van der Waals surface area contributed by atoms with Crippen molar-refractivity contribution < 1.29 is 9.53 Å². The number of nitrogens with zero attached hydrogens (tertiary/aromatic N) is 4. The lowest BCUT2D eigenvalue weighted by molar-refractivity contribution is -0.119. The number of aliphatic imine (C=N–C) groups is 1. The highest BCUT2D eigenvalue weighted by molar-refractivity contribution is 14.0. The molecule has 3 rings (SSSR count). The number of halogens is 1. The summed E-state index contributed by atoms with van der Waals surface area (Å²) in [6.07, 6.45) is 2.67. The lowest BCUT2D eigenvalue weighted by Gasteiger charge is -2.37. The first kappa shape index (κ1) is 24.7. The number of guanidine groups is 1. The number of anilines is 1. The summed E-state index contributed by atoms with van der Waals surface area (Å²) in [5.74, 6) is 2.15. The molecular weight excluding hydrogens is 507 g/mol. The smallest absolute Gasteiger partial charge is 0.255 e. The van der Waals surface area contributed by atoms with Crippen molar-refractivity contribution >= 4 is 41.7 Å². The van der Waals surface area contributed by atoms with E-state index in [4.69, 9.17) is 15.5 Å². The fourth-order valence-corrected chi connectivity index (χ4v) is 3.31. The van der Waals surface area contributed by atoms with Gasteiger partial charge in [0.2, 0.25) is 0 Å². The molecule has 0 atom stereocenters. The number of amides is 1. The lowest BCUT2D eigenvalue weighted by Crippen LogP contribution is -2.52. The van der Waals surface area contributed by atoms with Crippen LogP contribution in [0.25, 0.3) is 0 Å². The Bertz CT molecular complexity index is 824. The summed E-state index contributed by atoms with van der Waals surface area (Å²) in [7, 11) is 0. The Morgan fingerprint density at radius 1 is 1.16 bits per heavy atom. The molecule has 0 unspecified atom stereocenters. The van der Waals surface area contributed by atoms with Gasteiger partial charge in [0.1, 0.15) is 11.6 Å². The van der Waals surface area contributed by atoms with Gasteiger partial charge in [0.25, 0.3) is 5.91 Å². The highest BCUT2D eigenvalue weighted by Gasteiger charge is 2.20. The van der Waals surface area contributed by atoms with E-state index >= 15 is 0 Å². The van der Waals surface area contributed by atoms with Crippen molar-refractivity contribution in [3.05, 3.63) is 54.2 Å². The first-order valence-electron chi connectivity index (χ1n) is 10.3. The van der Waals surface area contributed by atoms with Crippen LogP contribution in [0, 0.1) is 0 Å². The summed E-state index contributed by atoms with van der Waals surface area (Å²) in [5, 5.41) is 3.41. The number of primary amides is 1. The topological polar surface area (TPSA) is 96.1 Å². The van der Waals surface area contributed by atoms with Crippen molar-refractivity contribution in [2.75, 3.05) is 50.8 Å². The van der Waals surface area contributed by atoms with E-state index in [0.717, 1.165) is 50.9 Å². The van der Waals surface area contributed by atoms with Crippen LogP contribution in [0.15, 0.2) is 53.7 Å². The van der Waals surface area contributed by atoms with Gasteiger partial charge in [0.05, 0.1) is 0 Å². The molecule has 1 amide bonds. The van der Waals surface area contributed by atoms with Crippen molar-refractivity contribution in [2.45, 2.75) is 13.3 Å². The Morgan fingerprint density at radius 3 is 2.52 bits per heavy atom. The van der Waals surface area contributed by atoms with Gasteiger partial charge in [-0.3, -0.25) is 9.79 Å². The molecule has 1 aromatic heterocycles. The van der Waals surface area contributed by atoms with E-state index in [-0.39, 0.29) is 30.6 Å². The standard InChI is InChI=1S/C22H30N6O2.HI/c1-2-24-22(28-15-13-27(14-16-28)21-5-3-4-11-25-21)26-12-10-18-6-8-19(9-7-18)30-17-20(23)29;/h3-9,11H,2,10,12-17H2,1H3,(H2,23,29)(H,24,26);1H. The van der Waals surface area contributed by atoms with Gasteiger partial charge in [-0.05, 0) is 43.2 Å². The zero-order valence-electron chi connectivity index (χ0n) is 17.9. The minimum atomic E-state index is -0.481. The Labute approximate surface area is 200 Å². The fourth-order valence-electron chi connectivity index (χ4n) is 3.31. The van der Waals surface area contributed by atoms with Crippen molar-refractivity contribution in [1.82, 2.24) is 15.2 Å². The minimum absolute atomic E-state index is 0. The van der Waals surface area contributed by atoms with Crippen LogP contribution < -0.4 is 20.7 Å². The minimum Gasteiger partial charge on any atom is -0.484 e. The summed E-state index contributed by atoms with van der Waals surface area (Å²) in [4.78, 5) is 24.7. The predicted octanol–water partition coefficient (Wildman–Crippen LogP) is 1.89. The third-order valence-electron chi connectivity index (χ3n) is 4.85. The van der Waals surface area contributed by atoms with Gasteiger partial charge >= 0.3 is 0 Å². The first-order chi connectivity index (χ1) is 14.7. The number of carbonyl (C=O) groups excluding carboxylic acids is 1. The summed E-state index contributed by atoms with van der Waals surface area (Å²) in [5.41, 5.74) is 6.26. The first-order valence-corrected chi connectivity index (χ1v) is 10.3. The molecule has 168 valence electrons. The number of benzene rings is 1. The van der Waals surface area contributed by atoms with Crippen molar-refractivity contribution in [3.8, 4) is 5.75 Å². The van der Waals surface area contributed by atoms with Gasteiger partial charge in [-0.25, -0.2) is 4.98 Å². The van der Waals surface area contributed by atoms with E-state index in [9.17, 15) is 4.79 Å². The van der Waals surface area contributed by atoms with Gasteiger partial charge in [-0.15, -0.1) is 24.0 Å². The van der Waals surface area contributed by atoms with Crippen LogP contribution in [0.2, 0.25) is 0 Å². The highest BCUT2D eigenvalue weighted by Crippen LogP contribution is 2.14. The van der Waals surface area contributed by atoms with E-state index in [2.05, 4.69) is 33.1 Å². The molecular formula is C22H31IN6O2. The van der Waals surface area contributed by atoms with Crippen LogP contribution >= 0.6 is 24.0 Å². The van der Waals surface area contributed by atoms with E-state index in [0.29, 0.717) is 12.3 Å². The number of hydrogen-bond donors (Lipinski definition) is 2. The molecule has 1 fully saturated rings. The summed E-state index contributed by atoms with van der Waals surface area (Å²) >= 11 is 0. The number of rotatable bonds is 8. The second-order valence-electron chi connectivity index (χ2n) is 7.05. The van der Waals surface area contributed by atoms with Gasteiger partial charge in [-0.1, -0.05) is 18.2 Å². The molecule has 3 N–H and O–H groups in total. The maximum Gasteiger partial charge on any atom is 0.255 e. The molecule has 1 aromatic carbocycles. The van der Waals surface area contributed by atoms with Gasteiger partial charge in [0, 0.05) is 45.5 Å². The van der Waals surface area contributed by atoms with E-state index in [1.165, 1.54) is 5.56 Å². The molecule has 0 saturated carbocycles. The number of piperazine rings is 1. The molecule has 1 aliphatic heterocycles. The largest absolute Gasteiger partial charge is 0.484 e. The summed E-state index contributed by atoms with van der Waals surface area (Å²) < 4.78 is 5.29. The van der Waals surface area contributed by atoms with Gasteiger partial charge < -0.3 is 25.6 Å². The zero-order valence-corrected chi connectivity index (χ0v) is 20.2. The molecule has 0 spiro atoms. The number of hydrogen-bond acceptors (Lipinski definition) is 5. The number of nitrogens with two attached hydrogens (primary N) is 1. The predicted molar refractivity (Wildman–Crippen MR) is 134 cm³/mol. The molecule has 0 aliphatic carbocycles. The van der Waals surface area contributed by atoms with Crippen LogP contribution in [0.3, 0.4) is 0 Å². The Kier molecular flexibility index (Phi) is 10.3. The molecule has 0 bridgehead atoms. The highest BCUT2D eigenvalue weighted by atomic mass is 127. The second kappa shape index (κ2) is 13.0.